The van der Waals surface area contributed by atoms with Gasteiger partial charge in [-0.15, -0.1) is 0 Å². The second-order valence-electron chi connectivity index (χ2n) is 6.72. The third kappa shape index (κ3) is 3.89. The Hall–Kier alpha value is -3.02. The number of hydrogen-bond donors (Lipinski definition) is 0. The zero-order chi connectivity index (χ0) is 18.8. The summed E-state index contributed by atoms with van der Waals surface area (Å²) in [4.78, 5) is 18.6. The van der Waals surface area contributed by atoms with Crippen LogP contribution >= 0.6 is 0 Å². The maximum atomic E-state index is 13.3. The van der Waals surface area contributed by atoms with Crippen LogP contribution < -0.4 is 0 Å². The zero-order valence-electron chi connectivity index (χ0n) is 14.6. The molecule has 4 nitrogen and oxygen atoms in total. The molecule has 6 heteroatoms. The highest BCUT2D eigenvalue weighted by molar-refractivity contribution is 5.94. The van der Waals surface area contributed by atoms with Crippen molar-refractivity contribution in [2.75, 3.05) is 13.1 Å². The highest BCUT2D eigenvalue weighted by Crippen LogP contribution is 2.28. The average Bonchev–Trinajstić information content (AvgIpc) is 3.30. The smallest absolute Gasteiger partial charge is 0.253 e. The first-order chi connectivity index (χ1) is 13.1. The molecule has 3 aromatic rings. The molecule has 1 amide bonds. The van der Waals surface area contributed by atoms with Gasteiger partial charge in [-0.25, -0.2) is 13.8 Å². The van der Waals surface area contributed by atoms with E-state index in [2.05, 4.69) is 4.98 Å². The second-order valence-corrected chi connectivity index (χ2v) is 6.72. The van der Waals surface area contributed by atoms with E-state index in [1.54, 1.807) is 23.2 Å². The highest BCUT2D eigenvalue weighted by Gasteiger charge is 2.31. The van der Waals surface area contributed by atoms with Crippen LogP contribution in [0.4, 0.5) is 8.78 Å². The molecule has 4 rings (SSSR count). The summed E-state index contributed by atoms with van der Waals surface area (Å²) in [6.07, 6.45) is 2.85. The van der Waals surface area contributed by atoms with Crippen LogP contribution in [0.2, 0.25) is 0 Å². The number of carbonyl (C=O) groups is 1. The van der Waals surface area contributed by atoms with Gasteiger partial charge in [-0.2, -0.15) is 0 Å². The highest BCUT2D eigenvalue weighted by atomic mass is 19.1. The number of carbonyl (C=O) groups excluding carboxylic acids is 1. The number of halogens is 2. The molecule has 2 heterocycles. The standard InChI is InChI=1S/C21H18F2N2O2/c22-17-5-1-3-14(9-17)10-19-12-24-20(27-19)16-7-8-25(13-16)21(26)15-4-2-6-18(23)11-15/h1-6,9,11-12,16H,7-8,10,13H2/t16-/m1/s1. The lowest BCUT2D eigenvalue weighted by atomic mass is 10.1. The van der Waals surface area contributed by atoms with Gasteiger partial charge < -0.3 is 9.32 Å². The van der Waals surface area contributed by atoms with Gasteiger partial charge >= 0.3 is 0 Å². The van der Waals surface area contributed by atoms with Crippen molar-refractivity contribution >= 4 is 5.91 Å². The number of benzene rings is 2. The maximum Gasteiger partial charge on any atom is 0.253 e. The lowest BCUT2D eigenvalue weighted by Gasteiger charge is -2.15. The second kappa shape index (κ2) is 7.31. The minimum Gasteiger partial charge on any atom is -0.445 e. The molecule has 1 aromatic heterocycles. The van der Waals surface area contributed by atoms with E-state index >= 15 is 0 Å². The molecule has 0 saturated carbocycles. The van der Waals surface area contributed by atoms with E-state index in [0.717, 1.165) is 12.0 Å². The van der Waals surface area contributed by atoms with Crippen LogP contribution in [0.5, 0.6) is 0 Å². The number of amides is 1. The van der Waals surface area contributed by atoms with Gasteiger partial charge in [-0.3, -0.25) is 4.79 Å². The SMILES string of the molecule is O=C(c1cccc(F)c1)N1CC[C@@H](c2ncc(Cc3cccc(F)c3)o2)C1. The molecule has 0 aliphatic carbocycles. The van der Waals surface area contributed by atoms with E-state index in [1.165, 1.54) is 30.3 Å². The van der Waals surface area contributed by atoms with Crippen molar-refractivity contribution < 1.29 is 18.0 Å². The monoisotopic (exact) mass is 368 g/mol. The molecule has 1 saturated heterocycles. The van der Waals surface area contributed by atoms with Crippen LogP contribution in [0.1, 0.15) is 39.9 Å². The van der Waals surface area contributed by atoms with E-state index in [4.69, 9.17) is 4.42 Å². The largest absolute Gasteiger partial charge is 0.445 e. The fourth-order valence-electron chi connectivity index (χ4n) is 3.39. The fraction of sp³-hybridized carbons (Fsp3) is 0.238. The summed E-state index contributed by atoms with van der Waals surface area (Å²) in [5.41, 5.74) is 1.15. The van der Waals surface area contributed by atoms with Crippen LogP contribution in [-0.4, -0.2) is 28.9 Å². The maximum absolute atomic E-state index is 13.3. The van der Waals surface area contributed by atoms with Crippen molar-refractivity contribution in [2.45, 2.75) is 18.8 Å². The van der Waals surface area contributed by atoms with Crippen LogP contribution in [0.3, 0.4) is 0 Å². The summed E-state index contributed by atoms with van der Waals surface area (Å²) < 4.78 is 32.5. The summed E-state index contributed by atoms with van der Waals surface area (Å²) in [6, 6.07) is 12.1. The van der Waals surface area contributed by atoms with Gasteiger partial charge in [0.15, 0.2) is 5.89 Å². The first-order valence-corrected chi connectivity index (χ1v) is 8.82. The van der Waals surface area contributed by atoms with Crippen LogP contribution in [-0.2, 0) is 6.42 Å². The first kappa shape index (κ1) is 17.4. The van der Waals surface area contributed by atoms with Gasteiger partial charge in [0, 0.05) is 25.1 Å². The lowest BCUT2D eigenvalue weighted by Crippen LogP contribution is -2.28. The van der Waals surface area contributed by atoms with Crippen LogP contribution in [0, 0.1) is 11.6 Å². The van der Waals surface area contributed by atoms with Crippen molar-refractivity contribution in [3.63, 3.8) is 0 Å². The molecule has 27 heavy (non-hydrogen) atoms. The van der Waals surface area contributed by atoms with Crippen LogP contribution in [0.15, 0.2) is 59.1 Å². The molecular weight excluding hydrogens is 350 g/mol. The van der Waals surface area contributed by atoms with Crippen molar-refractivity contribution in [3.8, 4) is 0 Å². The quantitative estimate of drug-likeness (QED) is 0.694. The van der Waals surface area contributed by atoms with Crippen molar-refractivity contribution in [1.29, 1.82) is 0 Å². The third-order valence-electron chi connectivity index (χ3n) is 4.74. The van der Waals surface area contributed by atoms with E-state index in [1.807, 2.05) is 6.07 Å². The van der Waals surface area contributed by atoms with E-state index in [9.17, 15) is 13.6 Å². The first-order valence-electron chi connectivity index (χ1n) is 8.82. The minimum atomic E-state index is -0.425. The van der Waals surface area contributed by atoms with Crippen LogP contribution in [0.25, 0.3) is 0 Å². The van der Waals surface area contributed by atoms with Gasteiger partial charge in [0.25, 0.3) is 5.91 Å². The number of hydrogen-bond acceptors (Lipinski definition) is 3. The van der Waals surface area contributed by atoms with Gasteiger partial charge in [0.2, 0.25) is 0 Å². The Bertz CT molecular complexity index is 970. The Balaban J connectivity index is 1.42. The number of likely N-dealkylation sites (tertiary alicyclic amines) is 1. The number of rotatable bonds is 4. The Labute approximate surface area is 155 Å². The molecule has 0 spiro atoms. The van der Waals surface area contributed by atoms with E-state index < -0.39 is 5.82 Å². The van der Waals surface area contributed by atoms with Gasteiger partial charge in [0.1, 0.15) is 17.4 Å². The summed E-state index contributed by atoms with van der Waals surface area (Å²) in [5, 5.41) is 0. The predicted octanol–water partition coefficient (Wildman–Crippen LogP) is 4.17. The van der Waals surface area contributed by atoms with Crippen molar-refractivity contribution in [1.82, 2.24) is 9.88 Å². The molecule has 138 valence electrons. The lowest BCUT2D eigenvalue weighted by molar-refractivity contribution is 0.0789. The average molecular weight is 368 g/mol. The molecule has 1 atom stereocenters. The predicted molar refractivity (Wildman–Crippen MR) is 95.4 cm³/mol. The van der Waals surface area contributed by atoms with E-state index in [-0.39, 0.29) is 17.6 Å². The molecule has 0 N–H and O–H groups in total. The summed E-state index contributed by atoms with van der Waals surface area (Å²) in [7, 11) is 0. The van der Waals surface area contributed by atoms with Gasteiger partial charge in [0.05, 0.1) is 12.1 Å². The van der Waals surface area contributed by atoms with Gasteiger partial charge in [-0.05, 0) is 42.3 Å². The van der Waals surface area contributed by atoms with E-state index in [0.29, 0.717) is 36.7 Å². The third-order valence-corrected chi connectivity index (χ3v) is 4.74. The number of nitrogens with zero attached hydrogens (tertiary/aromatic N) is 2. The number of aromatic nitrogens is 1. The molecule has 1 fully saturated rings. The molecule has 0 bridgehead atoms. The molecule has 2 aromatic carbocycles. The Morgan fingerprint density at radius 1 is 1.15 bits per heavy atom. The van der Waals surface area contributed by atoms with Gasteiger partial charge in [-0.1, -0.05) is 18.2 Å². The molecule has 0 radical (unpaired) electrons. The Morgan fingerprint density at radius 3 is 2.70 bits per heavy atom. The molecular formula is C21H18F2N2O2. The Morgan fingerprint density at radius 2 is 1.93 bits per heavy atom. The Kier molecular flexibility index (Phi) is 4.71. The molecule has 0 unspecified atom stereocenters. The summed E-state index contributed by atoms with van der Waals surface area (Å²) >= 11 is 0. The topological polar surface area (TPSA) is 46.3 Å². The molecule has 1 aliphatic heterocycles. The molecule has 1 aliphatic rings. The normalized spacial score (nSPS) is 16.7. The fourth-order valence-corrected chi connectivity index (χ4v) is 3.39. The summed E-state index contributed by atoms with van der Waals surface area (Å²) in [5.74, 6) is 0.342. The number of oxazole rings is 1. The van der Waals surface area contributed by atoms with Crippen molar-refractivity contribution in [3.05, 3.63) is 89.1 Å². The zero-order valence-corrected chi connectivity index (χ0v) is 14.6. The summed E-state index contributed by atoms with van der Waals surface area (Å²) in [6.45, 7) is 1.05. The van der Waals surface area contributed by atoms with Crippen molar-refractivity contribution in [2.24, 2.45) is 0 Å². The minimum absolute atomic E-state index is 0.00349.